The molecular weight excluding hydrogens is 152 g/mol. The van der Waals surface area contributed by atoms with E-state index in [0.29, 0.717) is 6.61 Å². The Kier molecular flexibility index (Phi) is 1.85. The fraction of sp³-hybridized carbons (Fsp3) is 0.900. The minimum atomic E-state index is -0.0579. The molecule has 1 aliphatic heterocycles. The van der Waals surface area contributed by atoms with Crippen LogP contribution in [0.2, 0.25) is 0 Å². The maximum Gasteiger partial charge on any atom is 0.312 e. The van der Waals surface area contributed by atoms with Crippen LogP contribution in [0, 0.1) is 11.3 Å². The Labute approximate surface area is 73.3 Å². The average Bonchev–Trinajstić information content (AvgIpc) is 2.41. The summed E-state index contributed by atoms with van der Waals surface area (Å²) in [4.78, 5) is 11.5. The molecule has 2 heteroatoms. The summed E-state index contributed by atoms with van der Waals surface area (Å²) in [6, 6.07) is 0. The number of ether oxygens (including phenoxy) is 1. The molecule has 0 aromatic heterocycles. The van der Waals surface area contributed by atoms with Crippen molar-refractivity contribution in [3.8, 4) is 0 Å². The first-order chi connectivity index (χ1) is 5.73. The van der Waals surface area contributed by atoms with Gasteiger partial charge in [-0.1, -0.05) is 6.92 Å². The molecule has 1 saturated carbocycles. The Bertz CT molecular complexity index is 196. The van der Waals surface area contributed by atoms with Crippen molar-refractivity contribution in [1.29, 1.82) is 0 Å². The summed E-state index contributed by atoms with van der Waals surface area (Å²) in [5.41, 5.74) is -0.0579. The van der Waals surface area contributed by atoms with E-state index in [0.717, 1.165) is 31.6 Å². The first-order valence-electron chi connectivity index (χ1n) is 4.90. The quantitative estimate of drug-likeness (QED) is 0.518. The van der Waals surface area contributed by atoms with Crippen molar-refractivity contribution in [2.75, 3.05) is 6.61 Å². The van der Waals surface area contributed by atoms with E-state index in [2.05, 4.69) is 6.92 Å². The summed E-state index contributed by atoms with van der Waals surface area (Å²) in [5, 5.41) is 0. The lowest BCUT2D eigenvalue weighted by Gasteiger charge is -2.30. The third-order valence-corrected chi connectivity index (χ3v) is 3.32. The number of hydrogen-bond donors (Lipinski definition) is 0. The zero-order valence-corrected chi connectivity index (χ0v) is 7.64. The molecule has 12 heavy (non-hydrogen) atoms. The van der Waals surface area contributed by atoms with Crippen molar-refractivity contribution in [2.24, 2.45) is 11.3 Å². The molecule has 2 fully saturated rings. The van der Waals surface area contributed by atoms with E-state index in [1.165, 1.54) is 6.42 Å². The van der Waals surface area contributed by atoms with Gasteiger partial charge in [-0.2, -0.15) is 0 Å². The molecule has 0 amide bonds. The van der Waals surface area contributed by atoms with Gasteiger partial charge in [0.05, 0.1) is 12.0 Å². The number of cyclic esters (lactones) is 1. The molecule has 2 nitrogen and oxygen atoms in total. The van der Waals surface area contributed by atoms with Crippen LogP contribution in [-0.2, 0) is 9.53 Å². The second-order valence-electron chi connectivity index (χ2n) is 4.37. The molecule has 0 aromatic rings. The van der Waals surface area contributed by atoms with Crippen molar-refractivity contribution in [3.05, 3.63) is 0 Å². The van der Waals surface area contributed by atoms with Crippen LogP contribution in [0.25, 0.3) is 0 Å². The van der Waals surface area contributed by atoms with Crippen LogP contribution >= 0.6 is 0 Å². The Morgan fingerprint density at radius 2 is 2.33 bits per heavy atom. The third kappa shape index (κ3) is 1.13. The Hall–Kier alpha value is -0.530. The third-order valence-electron chi connectivity index (χ3n) is 3.32. The second kappa shape index (κ2) is 2.75. The molecule has 2 rings (SSSR count). The number of esters is 1. The summed E-state index contributed by atoms with van der Waals surface area (Å²) in [6.07, 6.45) is 5.46. The van der Waals surface area contributed by atoms with Crippen molar-refractivity contribution in [1.82, 2.24) is 0 Å². The minimum Gasteiger partial charge on any atom is -0.465 e. The highest BCUT2D eigenvalue weighted by atomic mass is 16.5. The molecule has 0 radical (unpaired) electrons. The van der Waals surface area contributed by atoms with Crippen molar-refractivity contribution in [3.63, 3.8) is 0 Å². The highest BCUT2D eigenvalue weighted by Crippen LogP contribution is 2.47. The van der Waals surface area contributed by atoms with Gasteiger partial charge in [-0.25, -0.2) is 0 Å². The minimum absolute atomic E-state index is 0.0579. The molecule has 1 saturated heterocycles. The van der Waals surface area contributed by atoms with Crippen LogP contribution in [0.5, 0.6) is 0 Å². The van der Waals surface area contributed by atoms with Crippen LogP contribution in [-0.4, -0.2) is 12.6 Å². The van der Waals surface area contributed by atoms with Gasteiger partial charge in [-0.05, 0) is 38.0 Å². The van der Waals surface area contributed by atoms with Gasteiger partial charge in [0.15, 0.2) is 0 Å². The summed E-state index contributed by atoms with van der Waals surface area (Å²) < 4.78 is 5.12. The standard InChI is InChI=1S/C10H16O2/c1-8-3-5-10(7-8)4-2-6-12-9(10)11/h8H,2-7H2,1H3. The van der Waals surface area contributed by atoms with Gasteiger partial charge in [0.1, 0.15) is 0 Å². The maximum absolute atomic E-state index is 11.5. The zero-order chi connectivity index (χ0) is 8.60. The molecule has 2 unspecified atom stereocenters. The summed E-state index contributed by atoms with van der Waals surface area (Å²) in [7, 11) is 0. The number of carbonyl (C=O) groups excluding carboxylic acids is 1. The summed E-state index contributed by atoms with van der Waals surface area (Å²) >= 11 is 0. The molecule has 1 heterocycles. The van der Waals surface area contributed by atoms with E-state index in [9.17, 15) is 4.79 Å². The maximum atomic E-state index is 11.5. The SMILES string of the molecule is CC1CCC2(CCCOC2=O)C1. The first-order valence-corrected chi connectivity index (χ1v) is 4.90. The van der Waals surface area contributed by atoms with Gasteiger partial charge in [-0.15, -0.1) is 0 Å². The Morgan fingerprint density at radius 1 is 1.50 bits per heavy atom. The van der Waals surface area contributed by atoms with Crippen LogP contribution in [0.4, 0.5) is 0 Å². The highest BCUT2D eigenvalue weighted by Gasteiger charge is 2.46. The van der Waals surface area contributed by atoms with Crippen LogP contribution in [0.3, 0.4) is 0 Å². The van der Waals surface area contributed by atoms with E-state index in [-0.39, 0.29) is 11.4 Å². The van der Waals surface area contributed by atoms with Crippen LogP contribution in [0.1, 0.15) is 39.0 Å². The van der Waals surface area contributed by atoms with Gasteiger partial charge in [0.2, 0.25) is 0 Å². The van der Waals surface area contributed by atoms with E-state index in [4.69, 9.17) is 4.74 Å². The van der Waals surface area contributed by atoms with E-state index >= 15 is 0 Å². The lowest BCUT2D eigenvalue weighted by atomic mass is 9.80. The Balaban J connectivity index is 2.13. The number of rotatable bonds is 0. The normalized spacial score (nSPS) is 41.8. The van der Waals surface area contributed by atoms with E-state index in [1.807, 2.05) is 0 Å². The summed E-state index contributed by atoms with van der Waals surface area (Å²) in [5.74, 6) is 0.800. The lowest BCUT2D eigenvalue weighted by Crippen LogP contribution is -2.35. The van der Waals surface area contributed by atoms with Crippen molar-refractivity contribution >= 4 is 5.97 Å². The largest absolute Gasteiger partial charge is 0.465 e. The topological polar surface area (TPSA) is 26.3 Å². The predicted molar refractivity (Wildman–Crippen MR) is 45.6 cm³/mol. The smallest absolute Gasteiger partial charge is 0.312 e. The molecule has 68 valence electrons. The molecule has 0 bridgehead atoms. The fourth-order valence-corrected chi connectivity index (χ4v) is 2.64. The second-order valence-corrected chi connectivity index (χ2v) is 4.37. The van der Waals surface area contributed by atoms with Gasteiger partial charge < -0.3 is 4.74 Å². The van der Waals surface area contributed by atoms with Crippen molar-refractivity contribution in [2.45, 2.75) is 39.0 Å². The van der Waals surface area contributed by atoms with Crippen LogP contribution in [0.15, 0.2) is 0 Å². The molecule has 2 atom stereocenters. The molecule has 1 aliphatic carbocycles. The first kappa shape index (κ1) is 8.09. The highest BCUT2D eigenvalue weighted by molar-refractivity contribution is 5.77. The molecular formula is C10H16O2. The fourth-order valence-electron chi connectivity index (χ4n) is 2.64. The number of hydrogen-bond acceptors (Lipinski definition) is 2. The van der Waals surface area contributed by atoms with E-state index in [1.54, 1.807) is 0 Å². The molecule has 2 aliphatic rings. The van der Waals surface area contributed by atoms with Gasteiger partial charge >= 0.3 is 5.97 Å². The van der Waals surface area contributed by atoms with Gasteiger partial charge in [0, 0.05) is 0 Å². The van der Waals surface area contributed by atoms with Gasteiger partial charge in [0.25, 0.3) is 0 Å². The molecule has 0 N–H and O–H groups in total. The predicted octanol–water partition coefficient (Wildman–Crippen LogP) is 2.13. The van der Waals surface area contributed by atoms with Crippen LogP contribution < -0.4 is 0 Å². The van der Waals surface area contributed by atoms with Crippen molar-refractivity contribution < 1.29 is 9.53 Å². The zero-order valence-electron chi connectivity index (χ0n) is 7.64. The molecule has 0 aromatic carbocycles. The monoisotopic (exact) mass is 168 g/mol. The number of carbonyl (C=O) groups is 1. The van der Waals surface area contributed by atoms with E-state index < -0.39 is 0 Å². The Morgan fingerprint density at radius 3 is 2.92 bits per heavy atom. The lowest BCUT2D eigenvalue weighted by molar-refractivity contribution is -0.161. The van der Waals surface area contributed by atoms with Gasteiger partial charge in [-0.3, -0.25) is 4.79 Å². The average molecular weight is 168 g/mol. The molecule has 1 spiro atoms. The summed E-state index contributed by atoms with van der Waals surface area (Å²) in [6.45, 7) is 2.88.